The molecule has 2 aromatic carbocycles. The van der Waals surface area contributed by atoms with E-state index in [4.69, 9.17) is 4.74 Å². The Labute approximate surface area is 203 Å². The molecule has 0 aromatic heterocycles. The van der Waals surface area contributed by atoms with Gasteiger partial charge in [0.1, 0.15) is 5.75 Å². The quantitative estimate of drug-likeness (QED) is 0.589. The van der Waals surface area contributed by atoms with Crippen molar-refractivity contribution in [3.8, 4) is 5.75 Å². The third-order valence-corrected chi connectivity index (χ3v) is 8.75. The van der Waals surface area contributed by atoms with Crippen LogP contribution in [-0.2, 0) is 14.8 Å². The maximum atomic E-state index is 13.0. The molecule has 0 unspecified atom stereocenters. The SMILES string of the molecule is CCOc1ccc(S(=O)(=O)N2CCC(C(=O)NC[C@@H](c3ccccc3)N3CCCC3)CC2)cc1. The second-order valence-corrected chi connectivity index (χ2v) is 10.9. The van der Waals surface area contributed by atoms with Crippen LogP contribution in [0.1, 0.15) is 44.2 Å². The first-order valence-electron chi connectivity index (χ1n) is 12.3. The van der Waals surface area contributed by atoms with Crippen LogP contribution in [0.25, 0.3) is 0 Å². The van der Waals surface area contributed by atoms with Crippen molar-refractivity contribution in [1.29, 1.82) is 0 Å². The molecule has 1 atom stereocenters. The predicted octanol–water partition coefficient (Wildman–Crippen LogP) is 3.44. The summed E-state index contributed by atoms with van der Waals surface area (Å²) in [6.45, 7) is 5.80. The van der Waals surface area contributed by atoms with Crippen molar-refractivity contribution in [2.24, 2.45) is 5.92 Å². The number of amides is 1. The van der Waals surface area contributed by atoms with Gasteiger partial charge in [0.2, 0.25) is 15.9 Å². The van der Waals surface area contributed by atoms with Gasteiger partial charge in [-0.15, -0.1) is 0 Å². The highest BCUT2D eigenvalue weighted by atomic mass is 32.2. The minimum atomic E-state index is -3.58. The lowest BCUT2D eigenvalue weighted by atomic mass is 9.97. The Morgan fingerprint density at radius 2 is 1.65 bits per heavy atom. The molecule has 0 bridgehead atoms. The summed E-state index contributed by atoms with van der Waals surface area (Å²) in [4.78, 5) is 15.7. The Bertz CT molecular complexity index is 1030. The van der Waals surface area contributed by atoms with Gasteiger partial charge in [-0.2, -0.15) is 4.31 Å². The monoisotopic (exact) mass is 485 g/mol. The lowest BCUT2D eigenvalue weighted by molar-refractivity contribution is -0.126. The third-order valence-electron chi connectivity index (χ3n) is 6.83. The van der Waals surface area contributed by atoms with Gasteiger partial charge in [0, 0.05) is 25.6 Å². The first-order valence-corrected chi connectivity index (χ1v) is 13.7. The van der Waals surface area contributed by atoms with Gasteiger partial charge >= 0.3 is 0 Å². The number of rotatable bonds is 9. The highest BCUT2D eigenvalue weighted by Gasteiger charge is 2.33. The van der Waals surface area contributed by atoms with E-state index < -0.39 is 10.0 Å². The minimum Gasteiger partial charge on any atom is -0.494 e. The van der Waals surface area contributed by atoms with E-state index in [-0.39, 0.29) is 22.8 Å². The number of nitrogens with zero attached hydrogens (tertiary/aromatic N) is 2. The first-order chi connectivity index (χ1) is 16.5. The number of piperidine rings is 1. The number of hydrogen-bond acceptors (Lipinski definition) is 5. The molecular formula is C26H35N3O4S. The van der Waals surface area contributed by atoms with Gasteiger partial charge in [-0.25, -0.2) is 8.42 Å². The van der Waals surface area contributed by atoms with Crippen LogP contribution >= 0.6 is 0 Å². The van der Waals surface area contributed by atoms with E-state index in [9.17, 15) is 13.2 Å². The van der Waals surface area contributed by atoms with E-state index in [1.807, 2.05) is 25.1 Å². The molecule has 34 heavy (non-hydrogen) atoms. The molecule has 184 valence electrons. The van der Waals surface area contributed by atoms with Crippen molar-refractivity contribution in [1.82, 2.24) is 14.5 Å². The molecule has 0 radical (unpaired) electrons. The fourth-order valence-corrected chi connectivity index (χ4v) is 6.38. The summed E-state index contributed by atoms with van der Waals surface area (Å²) in [5.41, 5.74) is 1.22. The summed E-state index contributed by atoms with van der Waals surface area (Å²) in [6, 6.07) is 17.1. The number of nitrogens with one attached hydrogen (secondary N) is 1. The molecular weight excluding hydrogens is 450 g/mol. The number of benzene rings is 2. The highest BCUT2D eigenvalue weighted by molar-refractivity contribution is 7.89. The van der Waals surface area contributed by atoms with Gasteiger partial charge in [0.15, 0.2) is 0 Å². The Kier molecular flexibility index (Phi) is 8.24. The largest absolute Gasteiger partial charge is 0.494 e. The maximum absolute atomic E-state index is 13.0. The number of likely N-dealkylation sites (tertiary alicyclic amines) is 1. The normalized spacial score (nSPS) is 19.1. The Morgan fingerprint density at radius 1 is 1.00 bits per heavy atom. The van der Waals surface area contributed by atoms with E-state index in [0.717, 1.165) is 13.1 Å². The van der Waals surface area contributed by atoms with E-state index in [1.165, 1.54) is 22.7 Å². The molecule has 0 saturated carbocycles. The minimum absolute atomic E-state index is 0.0262. The summed E-state index contributed by atoms with van der Waals surface area (Å²) in [7, 11) is -3.58. The van der Waals surface area contributed by atoms with Crippen LogP contribution in [0.4, 0.5) is 0 Å². The van der Waals surface area contributed by atoms with Crippen molar-refractivity contribution in [3.05, 3.63) is 60.2 Å². The fourth-order valence-electron chi connectivity index (χ4n) is 4.91. The topological polar surface area (TPSA) is 79.0 Å². The van der Waals surface area contributed by atoms with Gasteiger partial charge in [-0.3, -0.25) is 9.69 Å². The Morgan fingerprint density at radius 3 is 2.26 bits per heavy atom. The molecule has 4 rings (SSSR count). The van der Waals surface area contributed by atoms with Crippen LogP contribution in [0.2, 0.25) is 0 Å². The van der Waals surface area contributed by atoms with Gasteiger partial charge in [-0.05, 0) is 75.5 Å². The van der Waals surface area contributed by atoms with Gasteiger partial charge < -0.3 is 10.1 Å². The summed E-state index contributed by atoms with van der Waals surface area (Å²) >= 11 is 0. The predicted molar refractivity (Wildman–Crippen MR) is 132 cm³/mol. The van der Waals surface area contributed by atoms with Gasteiger partial charge in [0.25, 0.3) is 0 Å². The summed E-state index contributed by atoms with van der Waals surface area (Å²) in [5, 5.41) is 3.17. The van der Waals surface area contributed by atoms with E-state index >= 15 is 0 Å². The molecule has 2 aliphatic heterocycles. The van der Waals surface area contributed by atoms with Crippen LogP contribution in [-0.4, -0.2) is 62.9 Å². The average Bonchev–Trinajstić information content (AvgIpc) is 3.40. The van der Waals surface area contributed by atoms with Crippen molar-refractivity contribution in [2.45, 2.75) is 43.5 Å². The molecule has 2 fully saturated rings. The molecule has 2 aliphatic rings. The Hall–Kier alpha value is -2.42. The lowest BCUT2D eigenvalue weighted by Crippen LogP contribution is -2.44. The van der Waals surface area contributed by atoms with Crippen LogP contribution in [0, 0.1) is 5.92 Å². The smallest absolute Gasteiger partial charge is 0.243 e. The highest BCUT2D eigenvalue weighted by Crippen LogP contribution is 2.27. The third kappa shape index (κ3) is 5.79. The standard InChI is InChI=1S/C26H35N3O4S/c1-2-33-23-10-12-24(13-11-23)34(31,32)29-18-14-22(15-19-29)26(30)27-20-25(28-16-6-7-17-28)21-8-4-3-5-9-21/h3-5,8-13,22,25H,2,6-7,14-20H2,1H3,(H,27,30)/t25-/m0/s1. The Balaban J connectivity index is 1.32. The molecule has 2 aromatic rings. The zero-order valence-electron chi connectivity index (χ0n) is 19.9. The van der Waals surface area contributed by atoms with E-state index in [2.05, 4.69) is 22.3 Å². The van der Waals surface area contributed by atoms with Gasteiger partial charge in [-0.1, -0.05) is 30.3 Å². The summed E-state index contributed by atoms with van der Waals surface area (Å²) in [6.07, 6.45) is 3.45. The summed E-state index contributed by atoms with van der Waals surface area (Å²) in [5.74, 6) is 0.514. The number of sulfonamides is 1. The molecule has 1 N–H and O–H groups in total. The fraction of sp³-hybridized carbons (Fsp3) is 0.500. The second-order valence-electron chi connectivity index (χ2n) is 9.00. The molecule has 7 nitrogen and oxygen atoms in total. The van der Waals surface area contributed by atoms with Crippen LogP contribution in [0.15, 0.2) is 59.5 Å². The molecule has 2 heterocycles. The van der Waals surface area contributed by atoms with Crippen molar-refractivity contribution in [3.63, 3.8) is 0 Å². The number of hydrogen-bond donors (Lipinski definition) is 1. The molecule has 2 saturated heterocycles. The molecule has 1 amide bonds. The van der Waals surface area contributed by atoms with Crippen molar-refractivity contribution in [2.75, 3.05) is 39.3 Å². The lowest BCUT2D eigenvalue weighted by Gasteiger charge is -2.32. The van der Waals surface area contributed by atoms with E-state index in [0.29, 0.717) is 44.8 Å². The first kappa shape index (κ1) is 24.7. The van der Waals surface area contributed by atoms with Crippen LogP contribution in [0.3, 0.4) is 0 Å². The molecule has 0 aliphatic carbocycles. The van der Waals surface area contributed by atoms with Crippen LogP contribution in [0.5, 0.6) is 5.75 Å². The van der Waals surface area contributed by atoms with Gasteiger partial charge in [0.05, 0.1) is 17.5 Å². The van der Waals surface area contributed by atoms with Crippen LogP contribution < -0.4 is 10.1 Å². The summed E-state index contributed by atoms with van der Waals surface area (Å²) < 4.78 is 33.0. The van der Waals surface area contributed by atoms with Crippen molar-refractivity contribution < 1.29 is 17.9 Å². The number of carbonyl (C=O) groups excluding carboxylic acids is 1. The average molecular weight is 486 g/mol. The maximum Gasteiger partial charge on any atom is 0.243 e. The molecule has 0 spiro atoms. The zero-order valence-corrected chi connectivity index (χ0v) is 20.7. The van der Waals surface area contributed by atoms with E-state index in [1.54, 1.807) is 24.3 Å². The van der Waals surface area contributed by atoms with Crippen molar-refractivity contribution >= 4 is 15.9 Å². The zero-order chi connectivity index (χ0) is 24.0. The number of carbonyl (C=O) groups is 1. The molecule has 8 heteroatoms. The second kappa shape index (κ2) is 11.3. The number of ether oxygens (including phenoxy) is 1.